The Kier molecular flexibility index (Phi) is 4.98. The number of methoxy groups -OCH3 is 2. The molecule has 0 aliphatic rings. The normalized spacial score (nSPS) is 10.3. The summed E-state index contributed by atoms with van der Waals surface area (Å²) in [5.41, 5.74) is 1.77. The van der Waals surface area contributed by atoms with Crippen LogP contribution in [0.4, 0.5) is 5.82 Å². The average molecular weight is 287 g/mol. The quantitative estimate of drug-likeness (QED) is 0.884. The van der Waals surface area contributed by atoms with Crippen molar-refractivity contribution >= 4 is 5.82 Å². The first-order valence-corrected chi connectivity index (χ1v) is 7.00. The first-order valence-electron chi connectivity index (χ1n) is 7.00. The molecule has 0 fully saturated rings. The van der Waals surface area contributed by atoms with Gasteiger partial charge in [0.25, 0.3) is 0 Å². The van der Waals surface area contributed by atoms with Crippen LogP contribution < -0.4 is 14.8 Å². The van der Waals surface area contributed by atoms with Gasteiger partial charge in [0.15, 0.2) is 0 Å². The molecule has 2 rings (SSSR count). The molecule has 0 spiro atoms. The monoisotopic (exact) mass is 287 g/mol. The summed E-state index contributed by atoms with van der Waals surface area (Å²) >= 11 is 0. The van der Waals surface area contributed by atoms with Gasteiger partial charge in [-0.05, 0) is 18.6 Å². The van der Waals surface area contributed by atoms with E-state index in [1.165, 1.54) is 0 Å². The third-order valence-corrected chi connectivity index (χ3v) is 3.19. The Morgan fingerprint density at radius 2 is 1.90 bits per heavy atom. The second kappa shape index (κ2) is 6.92. The average Bonchev–Trinajstić information content (AvgIpc) is 2.54. The summed E-state index contributed by atoms with van der Waals surface area (Å²) in [6, 6.07) is 7.63. The highest BCUT2D eigenvalue weighted by molar-refractivity contribution is 5.70. The van der Waals surface area contributed by atoms with Gasteiger partial charge in [-0.25, -0.2) is 9.97 Å². The highest BCUT2D eigenvalue weighted by atomic mass is 16.5. The van der Waals surface area contributed by atoms with Crippen LogP contribution in [0.2, 0.25) is 0 Å². The van der Waals surface area contributed by atoms with Gasteiger partial charge in [0.1, 0.15) is 23.1 Å². The van der Waals surface area contributed by atoms with E-state index >= 15 is 0 Å². The fraction of sp³-hybridized carbons (Fsp3) is 0.375. The van der Waals surface area contributed by atoms with Crippen molar-refractivity contribution in [3.05, 3.63) is 30.1 Å². The van der Waals surface area contributed by atoms with Gasteiger partial charge in [-0.1, -0.05) is 6.92 Å². The van der Waals surface area contributed by atoms with Gasteiger partial charge >= 0.3 is 0 Å². The lowest BCUT2D eigenvalue weighted by molar-refractivity contribution is 0.395. The molecule has 1 aromatic heterocycles. The molecule has 112 valence electrons. The number of rotatable bonds is 6. The van der Waals surface area contributed by atoms with Crippen LogP contribution in [0.1, 0.15) is 19.2 Å². The number of nitrogens with one attached hydrogen (secondary N) is 1. The summed E-state index contributed by atoms with van der Waals surface area (Å²) in [6.07, 6.45) is 1.85. The standard InChI is InChI=1S/C16H21N3O2/c1-5-6-15-18-13(10-16(17-2)19-15)12-8-7-11(20-3)9-14(12)21-4/h7-10H,5-6H2,1-4H3,(H,17,18,19). The van der Waals surface area contributed by atoms with Gasteiger partial charge in [-0.15, -0.1) is 0 Å². The molecule has 5 heteroatoms. The van der Waals surface area contributed by atoms with Crippen molar-refractivity contribution in [3.63, 3.8) is 0 Å². The van der Waals surface area contributed by atoms with Crippen molar-refractivity contribution in [2.24, 2.45) is 0 Å². The van der Waals surface area contributed by atoms with Gasteiger partial charge in [0, 0.05) is 31.2 Å². The Hall–Kier alpha value is -2.30. The van der Waals surface area contributed by atoms with E-state index in [9.17, 15) is 0 Å². The van der Waals surface area contributed by atoms with E-state index in [2.05, 4.69) is 22.2 Å². The fourth-order valence-electron chi connectivity index (χ4n) is 2.11. The lowest BCUT2D eigenvalue weighted by Crippen LogP contribution is -2.02. The van der Waals surface area contributed by atoms with Crippen LogP contribution in [0, 0.1) is 0 Å². The maximum Gasteiger partial charge on any atom is 0.131 e. The third kappa shape index (κ3) is 3.42. The van der Waals surface area contributed by atoms with Crippen LogP contribution in [0.3, 0.4) is 0 Å². The minimum atomic E-state index is 0.734. The van der Waals surface area contributed by atoms with Crippen molar-refractivity contribution in [1.29, 1.82) is 0 Å². The lowest BCUT2D eigenvalue weighted by Gasteiger charge is -2.12. The van der Waals surface area contributed by atoms with Gasteiger partial charge < -0.3 is 14.8 Å². The molecule has 0 amide bonds. The van der Waals surface area contributed by atoms with Crippen molar-refractivity contribution in [2.75, 3.05) is 26.6 Å². The Labute approximate surface area is 125 Å². The molecule has 1 heterocycles. The van der Waals surface area contributed by atoms with E-state index in [0.717, 1.165) is 47.2 Å². The number of aromatic nitrogens is 2. The highest BCUT2D eigenvalue weighted by Crippen LogP contribution is 2.33. The predicted octanol–water partition coefficient (Wildman–Crippen LogP) is 3.16. The molecule has 5 nitrogen and oxygen atoms in total. The molecular formula is C16H21N3O2. The summed E-state index contributed by atoms with van der Waals surface area (Å²) < 4.78 is 10.7. The molecule has 0 saturated carbocycles. The number of benzene rings is 1. The van der Waals surface area contributed by atoms with Gasteiger partial charge in [-0.2, -0.15) is 0 Å². The minimum Gasteiger partial charge on any atom is -0.497 e. The SMILES string of the molecule is CCCc1nc(NC)cc(-c2ccc(OC)cc2OC)n1. The van der Waals surface area contributed by atoms with Crippen LogP contribution in [0.15, 0.2) is 24.3 Å². The third-order valence-electron chi connectivity index (χ3n) is 3.19. The summed E-state index contributed by atoms with van der Waals surface area (Å²) in [6.45, 7) is 2.11. The van der Waals surface area contributed by atoms with Crippen LogP contribution in [0.25, 0.3) is 11.3 Å². The summed E-state index contributed by atoms with van der Waals surface area (Å²) in [4.78, 5) is 9.10. The Morgan fingerprint density at radius 3 is 2.52 bits per heavy atom. The number of hydrogen-bond acceptors (Lipinski definition) is 5. The van der Waals surface area contributed by atoms with Crippen LogP contribution in [-0.2, 0) is 6.42 Å². The molecular weight excluding hydrogens is 266 g/mol. The fourth-order valence-corrected chi connectivity index (χ4v) is 2.11. The van der Waals surface area contributed by atoms with Crippen LogP contribution >= 0.6 is 0 Å². The largest absolute Gasteiger partial charge is 0.497 e. The first-order chi connectivity index (χ1) is 10.2. The second-order valence-corrected chi connectivity index (χ2v) is 4.62. The molecule has 0 unspecified atom stereocenters. The maximum atomic E-state index is 5.45. The maximum absolute atomic E-state index is 5.45. The highest BCUT2D eigenvalue weighted by Gasteiger charge is 2.11. The molecule has 0 saturated heterocycles. The number of nitrogens with zero attached hydrogens (tertiary/aromatic N) is 2. The molecule has 0 bridgehead atoms. The topological polar surface area (TPSA) is 56.3 Å². The van der Waals surface area contributed by atoms with Crippen molar-refractivity contribution < 1.29 is 9.47 Å². The summed E-state index contributed by atoms with van der Waals surface area (Å²) in [5.74, 6) is 3.13. The Balaban J connectivity index is 2.52. The Bertz CT molecular complexity index is 614. The van der Waals surface area contributed by atoms with Crippen LogP contribution in [-0.4, -0.2) is 31.2 Å². The predicted molar refractivity (Wildman–Crippen MR) is 84.1 cm³/mol. The summed E-state index contributed by atoms with van der Waals surface area (Å²) in [7, 11) is 5.14. The van der Waals surface area contributed by atoms with Crippen molar-refractivity contribution in [1.82, 2.24) is 9.97 Å². The number of anilines is 1. The van der Waals surface area contributed by atoms with Gasteiger partial charge in [0.2, 0.25) is 0 Å². The first kappa shape index (κ1) is 15.1. The molecule has 0 aliphatic carbocycles. The van der Waals surface area contributed by atoms with Crippen LogP contribution in [0.5, 0.6) is 11.5 Å². The zero-order chi connectivity index (χ0) is 15.2. The van der Waals surface area contributed by atoms with Crippen molar-refractivity contribution in [3.8, 4) is 22.8 Å². The molecule has 1 N–H and O–H groups in total. The lowest BCUT2D eigenvalue weighted by atomic mass is 10.1. The van der Waals surface area contributed by atoms with E-state index in [1.54, 1.807) is 14.2 Å². The second-order valence-electron chi connectivity index (χ2n) is 4.62. The molecule has 1 aromatic carbocycles. The molecule has 0 atom stereocenters. The van der Waals surface area contributed by atoms with E-state index in [1.807, 2.05) is 31.3 Å². The molecule has 21 heavy (non-hydrogen) atoms. The van der Waals surface area contributed by atoms with E-state index in [4.69, 9.17) is 9.47 Å². The smallest absolute Gasteiger partial charge is 0.131 e. The molecule has 0 radical (unpaired) electrons. The van der Waals surface area contributed by atoms with E-state index < -0.39 is 0 Å². The number of ether oxygens (including phenoxy) is 2. The number of aryl methyl sites for hydroxylation is 1. The zero-order valence-corrected chi connectivity index (χ0v) is 12.9. The van der Waals surface area contributed by atoms with Gasteiger partial charge in [-0.3, -0.25) is 0 Å². The zero-order valence-electron chi connectivity index (χ0n) is 12.9. The minimum absolute atomic E-state index is 0.734. The van der Waals surface area contributed by atoms with E-state index in [0.29, 0.717) is 0 Å². The van der Waals surface area contributed by atoms with Gasteiger partial charge in [0.05, 0.1) is 19.9 Å². The van der Waals surface area contributed by atoms with E-state index in [-0.39, 0.29) is 0 Å². The molecule has 2 aromatic rings. The van der Waals surface area contributed by atoms with Crippen molar-refractivity contribution in [2.45, 2.75) is 19.8 Å². The number of hydrogen-bond donors (Lipinski definition) is 1. The summed E-state index contributed by atoms with van der Waals surface area (Å²) in [5, 5.41) is 3.08. The Morgan fingerprint density at radius 1 is 1.10 bits per heavy atom. The molecule has 0 aliphatic heterocycles.